The van der Waals surface area contributed by atoms with Gasteiger partial charge in [0.25, 0.3) is 0 Å². The minimum absolute atomic E-state index is 0.342. The summed E-state index contributed by atoms with van der Waals surface area (Å²) in [5.41, 5.74) is 6.34. The number of thiophene rings is 1. The molecule has 16 heavy (non-hydrogen) atoms. The Kier molecular flexibility index (Phi) is 3.04. The number of nitrogens with one attached hydrogen (secondary N) is 1. The number of amides is 1. The molecule has 1 aliphatic carbocycles. The summed E-state index contributed by atoms with van der Waals surface area (Å²) < 4.78 is 0. The number of carbonyl (C=O) groups excluding carboxylic acids is 1. The number of nitrogens with two attached hydrogens (primary N) is 1. The molecular weight excluding hydrogens is 220 g/mol. The molecule has 1 aromatic heterocycles. The Bertz CT molecular complexity index is 397. The molecule has 4 heteroatoms. The quantitative estimate of drug-likeness (QED) is 0.824. The Morgan fingerprint density at radius 2 is 2.38 bits per heavy atom. The Labute approximate surface area is 100 Å². The molecule has 2 rings (SSSR count). The van der Waals surface area contributed by atoms with Crippen LogP contribution in [0.5, 0.6) is 0 Å². The molecule has 0 aromatic carbocycles. The van der Waals surface area contributed by atoms with E-state index in [0.29, 0.717) is 11.0 Å². The average molecular weight is 238 g/mol. The molecule has 0 aliphatic heterocycles. The third-order valence-electron chi connectivity index (χ3n) is 3.35. The summed E-state index contributed by atoms with van der Waals surface area (Å²) in [5, 5.41) is 5.25. The van der Waals surface area contributed by atoms with Crippen molar-refractivity contribution in [2.45, 2.75) is 26.8 Å². The summed E-state index contributed by atoms with van der Waals surface area (Å²) in [4.78, 5) is 12.1. The molecule has 1 atom stereocenters. The molecule has 88 valence electrons. The lowest BCUT2D eigenvalue weighted by atomic mass is 10.1. The van der Waals surface area contributed by atoms with Crippen molar-refractivity contribution in [2.24, 2.45) is 17.1 Å². The number of hydrogen-bond acceptors (Lipinski definition) is 3. The SMILES string of the molecule is CC1(C)CC1CNCc1cc(C(N)=O)cs1. The Morgan fingerprint density at radius 1 is 1.69 bits per heavy atom. The molecule has 3 nitrogen and oxygen atoms in total. The van der Waals surface area contributed by atoms with Crippen molar-refractivity contribution in [1.29, 1.82) is 0 Å². The maximum absolute atomic E-state index is 10.9. The first-order valence-corrected chi connectivity index (χ1v) is 6.45. The van der Waals surface area contributed by atoms with Crippen LogP contribution in [0, 0.1) is 11.3 Å². The second-order valence-electron chi connectivity index (χ2n) is 5.19. The van der Waals surface area contributed by atoms with Crippen molar-refractivity contribution in [2.75, 3.05) is 6.54 Å². The first kappa shape index (κ1) is 11.6. The van der Waals surface area contributed by atoms with Crippen molar-refractivity contribution in [1.82, 2.24) is 5.32 Å². The molecule has 1 heterocycles. The van der Waals surface area contributed by atoms with Gasteiger partial charge in [-0.05, 0) is 30.4 Å². The van der Waals surface area contributed by atoms with Crippen LogP contribution in [-0.2, 0) is 6.54 Å². The molecule has 1 fully saturated rings. The van der Waals surface area contributed by atoms with Crippen LogP contribution in [0.15, 0.2) is 11.4 Å². The molecule has 1 amide bonds. The fraction of sp³-hybridized carbons (Fsp3) is 0.583. The molecular formula is C12H18N2OS. The third kappa shape index (κ3) is 2.62. The number of rotatable bonds is 5. The predicted octanol–water partition coefficient (Wildman–Crippen LogP) is 1.98. The van der Waals surface area contributed by atoms with Crippen LogP contribution < -0.4 is 11.1 Å². The molecule has 0 radical (unpaired) electrons. The minimum atomic E-state index is -0.342. The standard InChI is InChI=1S/C12H18N2OS/c1-12(2)4-9(12)5-14-6-10-3-8(7-16-10)11(13)15/h3,7,9,14H,4-6H2,1-2H3,(H2,13,15). The summed E-state index contributed by atoms with van der Waals surface area (Å²) in [7, 11) is 0. The Balaban J connectivity index is 1.75. The summed E-state index contributed by atoms with van der Waals surface area (Å²) in [5.74, 6) is 0.467. The van der Waals surface area contributed by atoms with Crippen LogP contribution in [0.3, 0.4) is 0 Å². The van der Waals surface area contributed by atoms with E-state index in [1.54, 1.807) is 11.3 Å². The first-order chi connectivity index (χ1) is 7.49. The van der Waals surface area contributed by atoms with Crippen LogP contribution in [0.25, 0.3) is 0 Å². The fourth-order valence-corrected chi connectivity index (χ4v) is 2.74. The van der Waals surface area contributed by atoms with Gasteiger partial charge in [-0.15, -0.1) is 11.3 Å². The lowest BCUT2D eigenvalue weighted by Crippen LogP contribution is -2.17. The van der Waals surface area contributed by atoms with Crippen molar-refractivity contribution in [3.8, 4) is 0 Å². The van der Waals surface area contributed by atoms with Crippen LogP contribution in [0.4, 0.5) is 0 Å². The van der Waals surface area contributed by atoms with E-state index in [1.807, 2.05) is 11.4 Å². The number of hydrogen-bond donors (Lipinski definition) is 2. The average Bonchev–Trinajstić information content (AvgIpc) is 2.65. The van der Waals surface area contributed by atoms with Gasteiger partial charge in [-0.25, -0.2) is 0 Å². The number of carbonyl (C=O) groups is 1. The summed E-state index contributed by atoms with van der Waals surface area (Å²) >= 11 is 1.59. The van der Waals surface area contributed by atoms with E-state index in [1.165, 1.54) is 11.3 Å². The van der Waals surface area contributed by atoms with E-state index in [2.05, 4.69) is 19.2 Å². The van der Waals surface area contributed by atoms with Crippen LogP contribution in [-0.4, -0.2) is 12.5 Å². The monoisotopic (exact) mass is 238 g/mol. The highest BCUT2D eigenvalue weighted by Gasteiger charge is 2.44. The predicted molar refractivity (Wildman–Crippen MR) is 66.4 cm³/mol. The lowest BCUT2D eigenvalue weighted by molar-refractivity contribution is 0.100. The van der Waals surface area contributed by atoms with E-state index in [9.17, 15) is 4.79 Å². The largest absolute Gasteiger partial charge is 0.366 e. The summed E-state index contributed by atoms with van der Waals surface area (Å²) in [6.07, 6.45) is 1.32. The van der Waals surface area contributed by atoms with Gasteiger partial charge in [0.2, 0.25) is 5.91 Å². The highest BCUT2D eigenvalue weighted by molar-refractivity contribution is 7.10. The maximum Gasteiger partial charge on any atom is 0.249 e. The third-order valence-corrected chi connectivity index (χ3v) is 4.28. The van der Waals surface area contributed by atoms with Crippen LogP contribution in [0.1, 0.15) is 35.5 Å². The van der Waals surface area contributed by atoms with Crippen molar-refractivity contribution >= 4 is 17.2 Å². The zero-order chi connectivity index (χ0) is 11.8. The van der Waals surface area contributed by atoms with E-state index in [4.69, 9.17) is 5.73 Å². The van der Waals surface area contributed by atoms with Crippen LogP contribution in [0.2, 0.25) is 0 Å². The zero-order valence-corrected chi connectivity index (χ0v) is 10.6. The number of primary amides is 1. The molecule has 0 spiro atoms. The molecule has 3 N–H and O–H groups in total. The van der Waals surface area contributed by atoms with E-state index < -0.39 is 0 Å². The maximum atomic E-state index is 10.9. The lowest BCUT2D eigenvalue weighted by Gasteiger charge is -2.04. The molecule has 1 unspecified atom stereocenters. The second kappa shape index (κ2) is 4.18. The Morgan fingerprint density at radius 3 is 2.88 bits per heavy atom. The van der Waals surface area contributed by atoms with Gasteiger partial charge in [-0.2, -0.15) is 0 Å². The van der Waals surface area contributed by atoms with Crippen LogP contribution >= 0.6 is 11.3 Å². The van der Waals surface area contributed by atoms with Crippen molar-refractivity contribution < 1.29 is 4.79 Å². The van der Waals surface area contributed by atoms with E-state index in [-0.39, 0.29) is 5.91 Å². The van der Waals surface area contributed by atoms with Crippen molar-refractivity contribution in [3.05, 3.63) is 21.9 Å². The zero-order valence-electron chi connectivity index (χ0n) is 9.75. The van der Waals surface area contributed by atoms with Gasteiger partial charge in [0, 0.05) is 16.8 Å². The van der Waals surface area contributed by atoms with Gasteiger partial charge in [0.05, 0.1) is 5.56 Å². The van der Waals surface area contributed by atoms with Gasteiger partial charge >= 0.3 is 0 Å². The molecule has 1 saturated carbocycles. The van der Waals surface area contributed by atoms with Gasteiger partial charge in [-0.3, -0.25) is 4.79 Å². The second-order valence-corrected chi connectivity index (χ2v) is 6.18. The van der Waals surface area contributed by atoms with Gasteiger partial charge in [0.1, 0.15) is 0 Å². The highest BCUT2D eigenvalue weighted by Crippen LogP contribution is 2.50. The smallest absolute Gasteiger partial charge is 0.249 e. The van der Waals surface area contributed by atoms with E-state index >= 15 is 0 Å². The molecule has 1 aliphatic rings. The van der Waals surface area contributed by atoms with Gasteiger partial charge in [0.15, 0.2) is 0 Å². The molecule has 0 saturated heterocycles. The van der Waals surface area contributed by atoms with Crippen molar-refractivity contribution in [3.63, 3.8) is 0 Å². The minimum Gasteiger partial charge on any atom is -0.366 e. The topological polar surface area (TPSA) is 55.1 Å². The normalized spacial score (nSPS) is 22.0. The summed E-state index contributed by atoms with van der Waals surface area (Å²) in [6, 6.07) is 1.87. The van der Waals surface area contributed by atoms with Gasteiger partial charge < -0.3 is 11.1 Å². The highest BCUT2D eigenvalue weighted by atomic mass is 32.1. The summed E-state index contributed by atoms with van der Waals surface area (Å²) in [6.45, 7) is 6.51. The fourth-order valence-electron chi connectivity index (χ4n) is 1.90. The first-order valence-electron chi connectivity index (χ1n) is 5.57. The molecule has 1 aromatic rings. The molecule has 0 bridgehead atoms. The van der Waals surface area contributed by atoms with Gasteiger partial charge in [-0.1, -0.05) is 13.8 Å². The Hall–Kier alpha value is -0.870. The van der Waals surface area contributed by atoms with E-state index in [0.717, 1.165) is 19.0 Å².